The maximum atomic E-state index is 8.59. The van der Waals surface area contributed by atoms with Crippen LogP contribution in [-0.4, -0.2) is 21.9 Å². The van der Waals surface area contributed by atoms with Crippen molar-refractivity contribution in [3.05, 3.63) is 11.8 Å². The molecule has 1 aromatic heterocycles. The van der Waals surface area contributed by atoms with Crippen LogP contribution in [0.2, 0.25) is 0 Å². The lowest BCUT2D eigenvalue weighted by atomic mass is 10.1. The first kappa shape index (κ1) is 10.2. The van der Waals surface area contributed by atoms with Crippen molar-refractivity contribution in [2.45, 2.75) is 33.1 Å². The summed E-state index contributed by atoms with van der Waals surface area (Å²) in [6.45, 7) is 4.39. The Labute approximate surface area is 78.0 Å². The summed E-state index contributed by atoms with van der Waals surface area (Å²) in [6.07, 6.45) is 2.18. The molecule has 1 heterocycles. The van der Waals surface area contributed by atoms with Crippen LogP contribution in [-0.2, 0) is 12.8 Å². The van der Waals surface area contributed by atoms with Gasteiger partial charge < -0.3 is 9.52 Å². The lowest BCUT2D eigenvalue weighted by Gasteiger charge is -1.96. The Morgan fingerprint density at radius 3 is 2.62 bits per heavy atom. The molecule has 1 N–H and O–H groups in total. The number of rotatable bonds is 5. The quantitative estimate of drug-likeness (QED) is 0.746. The van der Waals surface area contributed by atoms with E-state index >= 15 is 0 Å². The summed E-state index contributed by atoms with van der Waals surface area (Å²) >= 11 is 0. The van der Waals surface area contributed by atoms with Crippen LogP contribution >= 0.6 is 0 Å². The van der Waals surface area contributed by atoms with Crippen LogP contribution in [0.5, 0.6) is 0 Å². The molecule has 4 nitrogen and oxygen atoms in total. The standard InChI is InChI=1S/C9H16N2O2/c1-7(2)6-9-11-10-8(13-9)4-3-5-12/h7,12H,3-6H2,1-2H3. The molecule has 1 rings (SSSR count). The van der Waals surface area contributed by atoms with Crippen LogP contribution in [0.3, 0.4) is 0 Å². The fourth-order valence-electron chi connectivity index (χ4n) is 1.05. The fraction of sp³-hybridized carbons (Fsp3) is 0.778. The second-order valence-corrected chi connectivity index (χ2v) is 3.51. The van der Waals surface area contributed by atoms with Gasteiger partial charge in [0.1, 0.15) is 0 Å². The SMILES string of the molecule is CC(C)Cc1nnc(CCCO)o1. The lowest BCUT2D eigenvalue weighted by Crippen LogP contribution is -1.93. The summed E-state index contributed by atoms with van der Waals surface area (Å²) in [4.78, 5) is 0. The average molecular weight is 184 g/mol. The van der Waals surface area contributed by atoms with E-state index < -0.39 is 0 Å². The number of aliphatic hydroxyl groups is 1. The van der Waals surface area contributed by atoms with E-state index in [2.05, 4.69) is 24.0 Å². The number of aryl methyl sites for hydroxylation is 1. The van der Waals surface area contributed by atoms with Crippen LogP contribution in [0.15, 0.2) is 4.42 Å². The average Bonchev–Trinajstić information content (AvgIpc) is 2.48. The molecule has 0 aliphatic heterocycles. The molecule has 0 saturated heterocycles. The predicted molar refractivity (Wildman–Crippen MR) is 48.2 cm³/mol. The van der Waals surface area contributed by atoms with Gasteiger partial charge in [0.25, 0.3) is 0 Å². The zero-order valence-corrected chi connectivity index (χ0v) is 8.16. The second kappa shape index (κ2) is 4.97. The highest BCUT2D eigenvalue weighted by Crippen LogP contribution is 2.07. The summed E-state index contributed by atoms with van der Waals surface area (Å²) in [7, 11) is 0. The third kappa shape index (κ3) is 3.55. The molecule has 0 unspecified atom stereocenters. The number of aromatic nitrogens is 2. The molecule has 0 bridgehead atoms. The minimum absolute atomic E-state index is 0.169. The normalized spacial score (nSPS) is 11.1. The van der Waals surface area contributed by atoms with Gasteiger partial charge in [0.15, 0.2) is 0 Å². The van der Waals surface area contributed by atoms with Crippen molar-refractivity contribution in [1.82, 2.24) is 10.2 Å². The minimum atomic E-state index is 0.169. The molecule has 0 aliphatic carbocycles. The van der Waals surface area contributed by atoms with Gasteiger partial charge in [-0.15, -0.1) is 10.2 Å². The van der Waals surface area contributed by atoms with E-state index in [0.717, 1.165) is 6.42 Å². The van der Waals surface area contributed by atoms with Crippen LogP contribution in [0.4, 0.5) is 0 Å². The summed E-state index contributed by atoms with van der Waals surface area (Å²) in [5.74, 6) is 1.86. The van der Waals surface area contributed by atoms with Gasteiger partial charge in [-0.1, -0.05) is 13.8 Å². The second-order valence-electron chi connectivity index (χ2n) is 3.51. The maximum absolute atomic E-state index is 8.59. The number of hydrogen-bond donors (Lipinski definition) is 1. The van der Waals surface area contributed by atoms with E-state index in [4.69, 9.17) is 9.52 Å². The van der Waals surface area contributed by atoms with Crippen molar-refractivity contribution in [3.8, 4) is 0 Å². The van der Waals surface area contributed by atoms with Crippen molar-refractivity contribution in [1.29, 1.82) is 0 Å². The van der Waals surface area contributed by atoms with E-state index in [1.165, 1.54) is 0 Å². The molecule has 0 amide bonds. The molecule has 13 heavy (non-hydrogen) atoms. The Kier molecular flexibility index (Phi) is 3.89. The summed E-state index contributed by atoms with van der Waals surface area (Å²) in [5.41, 5.74) is 0. The summed E-state index contributed by atoms with van der Waals surface area (Å²) in [5, 5.41) is 16.4. The number of hydrogen-bond acceptors (Lipinski definition) is 4. The highest BCUT2D eigenvalue weighted by molar-refractivity contribution is 4.82. The minimum Gasteiger partial charge on any atom is -0.425 e. The van der Waals surface area contributed by atoms with Crippen molar-refractivity contribution in [2.75, 3.05) is 6.61 Å². The van der Waals surface area contributed by atoms with Gasteiger partial charge in [0.2, 0.25) is 11.8 Å². The zero-order chi connectivity index (χ0) is 9.68. The molecule has 0 spiro atoms. The molecule has 0 atom stereocenters. The van der Waals surface area contributed by atoms with Gasteiger partial charge in [0, 0.05) is 19.4 Å². The third-order valence-corrected chi connectivity index (χ3v) is 1.64. The van der Waals surface area contributed by atoms with Crippen LogP contribution in [0, 0.1) is 5.92 Å². The molecule has 1 aromatic rings. The third-order valence-electron chi connectivity index (χ3n) is 1.64. The predicted octanol–water partition coefficient (Wildman–Crippen LogP) is 1.19. The van der Waals surface area contributed by atoms with Crippen LogP contribution in [0.25, 0.3) is 0 Å². The van der Waals surface area contributed by atoms with Crippen LogP contribution < -0.4 is 0 Å². The molecule has 0 aromatic carbocycles. The topological polar surface area (TPSA) is 59.2 Å². The van der Waals surface area contributed by atoms with Crippen LogP contribution in [0.1, 0.15) is 32.0 Å². The Hall–Kier alpha value is -0.900. The molecule has 0 radical (unpaired) electrons. The summed E-state index contributed by atoms with van der Waals surface area (Å²) in [6, 6.07) is 0. The fourth-order valence-corrected chi connectivity index (χ4v) is 1.05. The van der Waals surface area contributed by atoms with Crippen molar-refractivity contribution >= 4 is 0 Å². The molecular formula is C9H16N2O2. The van der Waals surface area contributed by atoms with E-state index in [1.807, 2.05) is 0 Å². The Balaban J connectivity index is 2.44. The molecular weight excluding hydrogens is 168 g/mol. The first-order chi connectivity index (χ1) is 6.22. The monoisotopic (exact) mass is 184 g/mol. The molecule has 0 fully saturated rings. The molecule has 4 heteroatoms. The lowest BCUT2D eigenvalue weighted by molar-refractivity contribution is 0.282. The Morgan fingerprint density at radius 1 is 1.31 bits per heavy atom. The first-order valence-electron chi connectivity index (χ1n) is 4.64. The van der Waals surface area contributed by atoms with Gasteiger partial charge in [0.05, 0.1) is 0 Å². The first-order valence-corrected chi connectivity index (χ1v) is 4.64. The maximum Gasteiger partial charge on any atom is 0.216 e. The highest BCUT2D eigenvalue weighted by Gasteiger charge is 2.06. The van der Waals surface area contributed by atoms with Gasteiger partial charge in [-0.05, 0) is 12.3 Å². The summed E-state index contributed by atoms with van der Waals surface area (Å²) < 4.78 is 5.36. The Morgan fingerprint density at radius 2 is 2.00 bits per heavy atom. The highest BCUT2D eigenvalue weighted by atomic mass is 16.4. The van der Waals surface area contributed by atoms with E-state index in [-0.39, 0.29) is 6.61 Å². The smallest absolute Gasteiger partial charge is 0.216 e. The number of aliphatic hydroxyl groups excluding tert-OH is 1. The molecule has 0 saturated carbocycles. The molecule has 74 valence electrons. The van der Waals surface area contributed by atoms with Gasteiger partial charge in [-0.25, -0.2) is 0 Å². The van der Waals surface area contributed by atoms with E-state index in [9.17, 15) is 0 Å². The van der Waals surface area contributed by atoms with Gasteiger partial charge >= 0.3 is 0 Å². The largest absolute Gasteiger partial charge is 0.425 e. The molecule has 0 aliphatic rings. The van der Waals surface area contributed by atoms with Crippen molar-refractivity contribution < 1.29 is 9.52 Å². The van der Waals surface area contributed by atoms with Gasteiger partial charge in [-0.3, -0.25) is 0 Å². The zero-order valence-electron chi connectivity index (χ0n) is 8.16. The van der Waals surface area contributed by atoms with Crippen molar-refractivity contribution in [3.63, 3.8) is 0 Å². The van der Waals surface area contributed by atoms with Crippen molar-refractivity contribution in [2.24, 2.45) is 5.92 Å². The van der Waals surface area contributed by atoms with E-state index in [0.29, 0.717) is 30.5 Å². The number of nitrogens with zero attached hydrogens (tertiary/aromatic N) is 2. The Bertz CT molecular complexity index is 246. The van der Waals surface area contributed by atoms with Gasteiger partial charge in [-0.2, -0.15) is 0 Å². The van der Waals surface area contributed by atoms with E-state index in [1.54, 1.807) is 0 Å².